The molecule has 0 saturated carbocycles. The van der Waals surface area contributed by atoms with E-state index < -0.39 is 23.1 Å². The van der Waals surface area contributed by atoms with E-state index in [2.05, 4.69) is 10.3 Å². The number of carbonyl (C=O) groups excluding carboxylic acids is 1. The van der Waals surface area contributed by atoms with E-state index in [-0.39, 0.29) is 39.2 Å². The van der Waals surface area contributed by atoms with E-state index in [1.807, 2.05) is 30.3 Å². The molecule has 4 aromatic rings. The van der Waals surface area contributed by atoms with E-state index in [4.69, 9.17) is 22.1 Å². The van der Waals surface area contributed by atoms with Crippen molar-refractivity contribution in [2.75, 3.05) is 6.54 Å². The van der Waals surface area contributed by atoms with Crippen molar-refractivity contribution in [3.63, 3.8) is 0 Å². The van der Waals surface area contributed by atoms with Crippen molar-refractivity contribution in [3.8, 4) is 16.9 Å². The van der Waals surface area contributed by atoms with Crippen molar-refractivity contribution in [2.45, 2.75) is 30.9 Å². The van der Waals surface area contributed by atoms with Crippen LogP contribution in [0.4, 0.5) is 8.78 Å². The van der Waals surface area contributed by atoms with Gasteiger partial charge in [0.2, 0.25) is 0 Å². The molecule has 4 heterocycles. The fourth-order valence-electron chi connectivity index (χ4n) is 5.47. The highest BCUT2D eigenvalue weighted by atomic mass is 35.5. The van der Waals surface area contributed by atoms with Crippen LogP contribution in [0.5, 0.6) is 5.75 Å². The number of pyridine rings is 1. The van der Waals surface area contributed by atoms with Crippen molar-refractivity contribution < 1.29 is 18.3 Å². The molecule has 2 atom stereocenters. The zero-order valence-electron chi connectivity index (χ0n) is 18.5. The fourth-order valence-corrected chi connectivity index (χ4v) is 5.74. The first-order valence-electron chi connectivity index (χ1n) is 11.3. The van der Waals surface area contributed by atoms with Gasteiger partial charge in [0.1, 0.15) is 11.6 Å². The Morgan fingerprint density at radius 3 is 2.77 bits per heavy atom. The molecule has 2 aliphatic rings. The zero-order valence-corrected chi connectivity index (χ0v) is 19.3. The Morgan fingerprint density at radius 2 is 2.06 bits per heavy atom. The van der Waals surface area contributed by atoms with E-state index in [9.17, 15) is 4.79 Å². The van der Waals surface area contributed by atoms with E-state index in [0.29, 0.717) is 12.0 Å². The maximum absolute atomic E-state index is 15.9. The summed E-state index contributed by atoms with van der Waals surface area (Å²) in [7, 11) is 0. The van der Waals surface area contributed by atoms with Crippen molar-refractivity contribution in [1.29, 1.82) is 0 Å². The first kappa shape index (κ1) is 22.0. The second-order valence-electron chi connectivity index (χ2n) is 8.96. The number of halogens is 3. The number of ether oxygens (including phenoxy) is 1. The summed E-state index contributed by atoms with van der Waals surface area (Å²) < 4.78 is 39.0. The SMILES string of the molecule is NC(=O)c1cn2ccnc2c(F)c1-c1c(Cl)c(F)cc2c1C[C@](c1ccccc1)([C@@H]1CCCN1)O2. The summed E-state index contributed by atoms with van der Waals surface area (Å²) >= 11 is 6.49. The third-order valence-electron chi connectivity index (χ3n) is 7.04. The molecule has 6 rings (SSSR count). The highest BCUT2D eigenvalue weighted by molar-refractivity contribution is 6.34. The monoisotopic (exact) mass is 494 g/mol. The number of nitrogens with zero attached hydrogens (tertiary/aromatic N) is 2. The topological polar surface area (TPSA) is 81.7 Å². The molecule has 0 spiro atoms. The van der Waals surface area contributed by atoms with Gasteiger partial charge in [-0.2, -0.15) is 0 Å². The van der Waals surface area contributed by atoms with Crippen LogP contribution in [0.3, 0.4) is 0 Å². The van der Waals surface area contributed by atoms with Crippen LogP contribution < -0.4 is 15.8 Å². The molecule has 1 fully saturated rings. The van der Waals surface area contributed by atoms with E-state index in [1.54, 1.807) is 0 Å². The maximum atomic E-state index is 15.9. The Hall–Kier alpha value is -3.49. The van der Waals surface area contributed by atoms with Gasteiger partial charge in [-0.25, -0.2) is 13.8 Å². The van der Waals surface area contributed by atoms with Gasteiger partial charge in [0.15, 0.2) is 17.1 Å². The summed E-state index contributed by atoms with van der Waals surface area (Å²) in [5, 5.41) is 3.21. The number of benzene rings is 2. The van der Waals surface area contributed by atoms with Crippen molar-refractivity contribution in [2.24, 2.45) is 5.73 Å². The first-order valence-corrected chi connectivity index (χ1v) is 11.7. The molecular formula is C26H21ClF2N4O2. The second kappa shape index (κ2) is 8.03. The molecule has 0 radical (unpaired) electrons. The molecule has 3 N–H and O–H groups in total. The first-order chi connectivity index (χ1) is 16.9. The largest absolute Gasteiger partial charge is 0.480 e. The normalized spacial score (nSPS) is 21.3. The predicted molar refractivity (Wildman–Crippen MR) is 128 cm³/mol. The van der Waals surface area contributed by atoms with Crippen LogP contribution in [-0.2, 0) is 12.0 Å². The molecule has 178 valence electrons. The zero-order chi connectivity index (χ0) is 24.3. The van der Waals surface area contributed by atoms with Gasteiger partial charge >= 0.3 is 0 Å². The minimum Gasteiger partial charge on any atom is -0.480 e. The van der Waals surface area contributed by atoms with Crippen molar-refractivity contribution in [1.82, 2.24) is 14.7 Å². The number of carbonyl (C=O) groups is 1. The lowest BCUT2D eigenvalue weighted by molar-refractivity contribution is 0.0539. The lowest BCUT2D eigenvalue weighted by atomic mass is 9.80. The minimum atomic E-state index is -0.866. The second-order valence-corrected chi connectivity index (χ2v) is 9.34. The van der Waals surface area contributed by atoms with Crippen molar-refractivity contribution >= 4 is 23.2 Å². The number of nitrogens with one attached hydrogen (secondary N) is 1. The van der Waals surface area contributed by atoms with E-state index >= 15 is 8.78 Å². The number of imidazole rings is 1. The molecule has 6 nitrogen and oxygen atoms in total. The molecule has 2 aliphatic heterocycles. The third-order valence-corrected chi connectivity index (χ3v) is 7.41. The molecule has 9 heteroatoms. The number of amides is 1. The number of hydrogen-bond donors (Lipinski definition) is 2. The fraction of sp³-hybridized carbons (Fsp3) is 0.231. The Bertz CT molecular complexity index is 1480. The smallest absolute Gasteiger partial charge is 0.250 e. The average molecular weight is 495 g/mol. The minimum absolute atomic E-state index is 0.0234. The van der Waals surface area contributed by atoms with Gasteiger partial charge < -0.3 is 20.2 Å². The van der Waals surface area contributed by atoms with Crippen LogP contribution in [0, 0.1) is 11.6 Å². The molecule has 1 amide bonds. The predicted octanol–water partition coefficient (Wildman–Crippen LogP) is 4.61. The summed E-state index contributed by atoms with van der Waals surface area (Å²) in [5.41, 5.74) is 5.96. The lowest BCUT2D eigenvalue weighted by Crippen LogP contribution is -2.48. The van der Waals surface area contributed by atoms with Crippen LogP contribution in [-0.4, -0.2) is 27.9 Å². The number of nitrogens with two attached hydrogens (primary N) is 1. The number of fused-ring (bicyclic) bond motifs is 2. The van der Waals surface area contributed by atoms with Gasteiger partial charge in [-0.1, -0.05) is 41.9 Å². The van der Waals surface area contributed by atoms with Crippen LogP contribution >= 0.6 is 11.6 Å². The number of hydrogen-bond acceptors (Lipinski definition) is 4. The number of primary amides is 1. The van der Waals surface area contributed by atoms with Gasteiger partial charge in [-0.3, -0.25) is 4.79 Å². The van der Waals surface area contributed by atoms with Crippen LogP contribution in [0.2, 0.25) is 5.02 Å². The van der Waals surface area contributed by atoms with Gasteiger partial charge in [0.05, 0.1) is 16.6 Å². The molecule has 0 unspecified atom stereocenters. The van der Waals surface area contributed by atoms with Gasteiger partial charge in [0.25, 0.3) is 5.91 Å². The van der Waals surface area contributed by atoms with E-state index in [0.717, 1.165) is 24.9 Å². The highest BCUT2D eigenvalue weighted by Crippen LogP contribution is 2.52. The summed E-state index contributed by atoms with van der Waals surface area (Å²) in [5.74, 6) is -2.19. The standard InChI is InChI=1S/C26H21ClF2N4O2/c27-22-17(28)11-18-15(12-26(35-18,19-7-4-8-31-19)14-5-2-1-3-6-14)20(22)21-16(24(30)34)13-33-10-9-32-25(33)23(21)29/h1-3,5-6,9-11,13,19,31H,4,7-8,12H2,(H2,30,34)/t19-,26-/m0/s1. The Labute approximate surface area is 204 Å². The molecule has 1 saturated heterocycles. The quantitative estimate of drug-likeness (QED) is 0.434. The molecular weight excluding hydrogens is 474 g/mol. The number of aromatic nitrogens is 2. The Kier molecular flexibility index (Phi) is 5.05. The van der Waals surface area contributed by atoms with Crippen molar-refractivity contribution in [3.05, 3.63) is 88.3 Å². The summed E-state index contributed by atoms with van der Waals surface area (Å²) in [6.07, 6.45) is 6.42. The Balaban J connectivity index is 1.63. The average Bonchev–Trinajstić information content (AvgIpc) is 3.61. The number of rotatable bonds is 4. The Morgan fingerprint density at radius 1 is 1.26 bits per heavy atom. The summed E-state index contributed by atoms with van der Waals surface area (Å²) in [6, 6.07) is 10.9. The third kappa shape index (κ3) is 3.24. The van der Waals surface area contributed by atoms with E-state index in [1.165, 1.54) is 29.1 Å². The highest BCUT2D eigenvalue weighted by Gasteiger charge is 2.50. The summed E-state index contributed by atoms with van der Waals surface area (Å²) in [6.45, 7) is 0.831. The maximum Gasteiger partial charge on any atom is 0.250 e. The summed E-state index contributed by atoms with van der Waals surface area (Å²) in [4.78, 5) is 16.5. The molecule has 2 aromatic heterocycles. The van der Waals surface area contributed by atoms with Gasteiger partial charge in [-0.05, 0) is 24.9 Å². The molecule has 0 bridgehead atoms. The van der Waals surface area contributed by atoms with Gasteiger partial charge in [0, 0.05) is 47.8 Å². The van der Waals surface area contributed by atoms with Crippen LogP contribution in [0.25, 0.3) is 16.8 Å². The molecule has 35 heavy (non-hydrogen) atoms. The van der Waals surface area contributed by atoms with Gasteiger partial charge in [-0.15, -0.1) is 0 Å². The van der Waals surface area contributed by atoms with Crippen LogP contribution in [0.15, 0.2) is 55.0 Å². The molecule has 2 aromatic carbocycles. The lowest BCUT2D eigenvalue weighted by Gasteiger charge is -2.35. The molecule has 0 aliphatic carbocycles. The van der Waals surface area contributed by atoms with Crippen LogP contribution in [0.1, 0.15) is 34.3 Å².